The molecule has 0 fully saturated rings. The van der Waals surface area contributed by atoms with Crippen molar-refractivity contribution >= 4 is 33.1 Å². The molecule has 1 aliphatic rings. The first-order valence-electron chi connectivity index (χ1n) is 11.1. The number of fused-ring (bicyclic) bond motifs is 1. The number of anilines is 2. The first kappa shape index (κ1) is 24.3. The van der Waals surface area contributed by atoms with Gasteiger partial charge in [-0.1, -0.05) is 0 Å². The minimum Gasteiger partial charge on any atom is -0.490 e. The molecule has 2 heterocycles. The van der Waals surface area contributed by atoms with E-state index in [1.165, 1.54) is 19.1 Å². The first-order chi connectivity index (χ1) is 16.7. The van der Waals surface area contributed by atoms with Gasteiger partial charge in [-0.2, -0.15) is 0 Å². The van der Waals surface area contributed by atoms with Gasteiger partial charge in [-0.25, -0.2) is 8.42 Å². The summed E-state index contributed by atoms with van der Waals surface area (Å²) in [6.45, 7) is 4.15. The SMILES string of the molecule is CC(=O)c1cc(CCC(=O)Nc2ccc(NS(=O)(=O)c3ccc4c(c3)OCCCO4)cc2)oc1C. The minimum absolute atomic E-state index is 0.0558. The van der Waals surface area contributed by atoms with E-state index < -0.39 is 10.0 Å². The fraction of sp³-hybridized carbons (Fsp3) is 0.280. The predicted octanol–water partition coefficient (Wildman–Crippen LogP) is 4.32. The molecule has 9 nitrogen and oxygen atoms in total. The predicted molar refractivity (Wildman–Crippen MR) is 130 cm³/mol. The van der Waals surface area contributed by atoms with E-state index in [0.717, 1.165) is 6.42 Å². The van der Waals surface area contributed by atoms with Crippen molar-refractivity contribution in [2.45, 2.75) is 38.0 Å². The van der Waals surface area contributed by atoms with E-state index in [1.54, 1.807) is 43.3 Å². The van der Waals surface area contributed by atoms with Gasteiger partial charge < -0.3 is 19.2 Å². The van der Waals surface area contributed by atoms with E-state index in [0.29, 0.717) is 59.6 Å². The van der Waals surface area contributed by atoms with Crippen LogP contribution in [0.2, 0.25) is 0 Å². The number of hydrogen-bond donors (Lipinski definition) is 2. The molecule has 0 atom stereocenters. The van der Waals surface area contributed by atoms with E-state index in [1.807, 2.05) is 0 Å². The maximum Gasteiger partial charge on any atom is 0.262 e. The summed E-state index contributed by atoms with van der Waals surface area (Å²) in [5.74, 6) is 1.71. The Balaban J connectivity index is 1.34. The van der Waals surface area contributed by atoms with Crippen LogP contribution in [-0.2, 0) is 21.2 Å². The number of hydrogen-bond acceptors (Lipinski definition) is 7. The second-order valence-electron chi connectivity index (χ2n) is 8.13. The van der Waals surface area contributed by atoms with Crippen molar-refractivity contribution in [1.82, 2.24) is 0 Å². The Morgan fingerprint density at radius 3 is 2.31 bits per heavy atom. The van der Waals surface area contributed by atoms with Crippen molar-refractivity contribution in [2.24, 2.45) is 0 Å². The number of Topliss-reactive ketones (excluding diaryl/α,β-unsaturated/α-hetero) is 1. The highest BCUT2D eigenvalue weighted by atomic mass is 32.2. The molecular formula is C25H26N2O7S. The summed E-state index contributed by atoms with van der Waals surface area (Å²) < 4.78 is 44.8. The van der Waals surface area contributed by atoms with Crippen molar-refractivity contribution in [2.75, 3.05) is 23.3 Å². The molecule has 4 rings (SSSR count). The molecule has 184 valence electrons. The summed E-state index contributed by atoms with van der Waals surface area (Å²) in [4.78, 5) is 23.9. The molecule has 3 aromatic rings. The highest BCUT2D eigenvalue weighted by Gasteiger charge is 2.19. The summed E-state index contributed by atoms with van der Waals surface area (Å²) in [5.41, 5.74) is 1.39. The standard InChI is InChI=1S/C25H26N2O7S/c1-16(28)22-14-20(34-17(22)2)8-11-25(29)26-18-4-6-19(7-5-18)27-35(30,31)21-9-10-23-24(15-21)33-13-3-12-32-23/h4-7,9-10,14-15,27H,3,8,11-13H2,1-2H3,(H,26,29). The molecule has 2 N–H and O–H groups in total. The van der Waals surface area contributed by atoms with Crippen LogP contribution in [-0.4, -0.2) is 33.3 Å². The molecule has 0 bridgehead atoms. The molecule has 2 aromatic carbocycles. The average molecular weight is 499 g/mol. The lowest BCUT2D eigenvalue weighted by Crippen LogP contribution is -2.14. The fourth-order valence-electron chi connectivity index (χ4n) is 3.62. The number of ether oxygens (including phenoxy) is 2. The van der Waals surface area contributed by atoms with Crippen molar-refractivity contribution < 1.29 is 31.9 Å². The first-order valence-corrected chi connectivity index (χ1v) is 12.6. The number of carbonyl (C=O) groups excluding carboxylic acids is 2. The molecule has 35 heavy (non-hydrogen) atoms. The number of amides is 1. The number of nitrogens with one attached hydrogen (secondary N) is 2. The number of rotatable bonds is 8. The zero-order chi connectivity index (χ0) is 25.0. The second kappa shape index (κ2) is 10.2. The van der Waals surface area contributed by atoms with Crippen molar-refractivity contribution in [3.63, 3.8) is 0 Å². The molecule has 1 aliphatic heterocycles. The van der Waals surface area contributed by atoms with Crippen molar-refractivity contribution in [3.05, 3.63) is 65.6 Å². The fourth-order valence-corrected chi connectivity index (χ4v) is 4.70. The maximum absolute atomic E-state index is 12.8. The smallest absolute Gasteiger partial charge is 0.262 e. The largest absolute Gasteiger partial charge is 0.490 e. The summed E-state index contributed by atoms with van der Waals surface area (Å²) in [7, 11) is -3.85. The average Bonchev–Trinajstić information content (AvgIpc) is 3.04. The third-order valence-electron chi connectivity index (χ3n) is 5.40. The Morgan fingerprint density at radius 2 is 1.63 bits per heavy atom. The van der Waals surface area contributed by atoms with Gasteiger partial charge in [0.05, 0.1) is 23.7 Å². The van der Waals surface area contributed by atoms with E-state index in [2.05, 4.69) is 10.0 Å². The van der Waals surface area contributed by atoms with E-state index in [-0.39, 0.29) is 23.0 Å². The van der Waals surface area contributed by atoms with Crippen LogP contribution < -0.4 is 19.5 Å². The van der Waals surface area contributed by atoms with E-state index >= 15 is 0 Å². The van der Waals surface area contributed by atoms with Gasteiger partial charge in [0, 0.05) is 36.7 Å². The maximum atomic E-state index is 12.8. The molecule has 0 saturated carbocycles. The topological polar surface area (TPSA) is 124 Å². The van der Waals surface area contributed by atoms with Gasteiger partial charge in [-0.3, -0.25) is 14.3 Å². The molecule has 0 saturated heterocycles. The molecule has 1 amide bonds. The number of ketones is 1. The van der Waals surface area contributed by atoms with Crippen LogP contribution in [0.4, 0.5) is 11.4 Å². The Hall–Kier alpha value is -3.79. The summed E-state index contributed by atoms with van der Waals surface area (Å²) in [5, 5.41) is 2.76. The lowest BCUT2D eigenvalue weighted by atomic mass is 10.1. The molecular weight excluding hydrogens is 472 g/mol. The number of carbonyl (C=O) groups is 2. The number of sulfonamides is 1. The van der Waals surface area contributed by atoms with Gasteiger partial charge in [-0.15, -0.1) is 0 Å². The summed E-state index contributed by atoms with van der Waals surface area (Å²) in [6.07, 6.45) is 1.25. The Kier molecular flexibility index (Phi) is 7.11. The van der Waals surface area contributed by atoms with Crippen molar-refractivity contribution in [1.29, 1.82) is 0 Å². The number of furan rings is 1. The highest BCUT2D eigenvalue weighted by Crippen LogP contribution is 2.32. The molecule has 0 aliphatic carbocycles. The quantitative estimate of drug-likeness (QED) is 0.443. The summed E-state index contributed by atoms with van der Waals surface area (Å²) >= 11 is 0. The van der Waals surface area contributed by atoms with Crippen LogP contribution in [0.15, 0.2) is 57.8 Å². The molecule has 1 aromatic heterocycles. The number of aryl methyl sites for hydroxylation is 2. The normalized spacial score (nSPS) is 13.1. The lowest BCUT2D eigenvalue weighted by Gasteiger charge is -2.12. The Labute approximate surface area is 203 Å². The third kappa shape index (κ3) is 6.02. The van der Waals surface area contributed by atoms with Crippen LogP contribution in [0.25, 0.3) is 0 Å². The van der Waals surface area contributed by atoms with Gasteiger partial charge >= 0.3 is 0 Å². The zero-order valence-corrected chi connectivity index (χ0v) is 20.2. The Morgan fingerprint density at radius 1 is 0.943 bits per heavy atom. The van der Waals surface area contributed by atoms with Gasteiger partial charge in [-0.05, 0) is 56.3 Å². The monoisotopic (exact) mass is 498 g/mol. The minimum atomic E-state index is -3.85. The van der Waals surface area contributed by atoms with Crippen LogP contribution in [0.5, 0.6) is 11.5 Å². The zero-order valence-electron chi connectivity index (χ0n) is 19.4. The van der Waals surface area contributed by atoms with Gasteiger partial charge in [0.2, 0.25) is 5.91 Å². The van der Waals surface area contributed by atoms with Crippen molar-refractivity contribution in [3.8, 4) is 11.5 Å². The third-order valence-corrected chi connectivity index (χ3v) is 6.78. The molecule has 0 spiro atoms. The van der Waals surface area contributed by atoms with Crippen LogP contribution in [0.3, 0.4) is 0 Å². The van der Waals surface area contributed by atoms with Gasteiger partial charge in [0.25, 0.3) is 10.0 Å². The lowest BCUT2D eigenvalue weighted by molar-refractivity contribution is -0.116. The highest BCUT2D eigenvalue weighted by molar-refractivity contribution is 7.92. The molecule has 0 unspecified atom stereocenters. The molecule has 0 radical (unpaired) electrons. The van der Waals surface area contributed by atoms with Gasteiger partial charge in [0.15, 0.2) is 17.3 Å². The van der Waals surface area contributed by atoms with Crippen LogP contribution in [0, 0.1) is 6.92 Å². The van der Waals surface area contributed by atoms with E-state index in [4.69, 9.17) is 13.9 Å². The van der Waals surface area contributed by atoms with E-state index in [9.17, 15) is 18.0 Å². The number of benzene rings is 2. The van der Waals surface area contributed by atoms with Gasteiger partial charge in [0.1, 0.15) is 11.5 Å². The van der Waals surface area contributed by atoms with Crippen LogP contribution in [0.1, 0.15) is 41.6 Å². The van der Waals surface area contributed by atoms with Crippen LogP contribution >= 0.6 is 0 Å². The summed E-state index contributed by atoms with van der Waals surface area (Å²) in [6, 6.07) is 12.5. The molecule has 10 heteroatoms. The second-order valence-corrected chi connectivity index (χ2v) is 9.81. The Bertz CT molecular complexity index is 1340.